The van der Waals surface area contributed by atoms with Crippen molar-refractivity contribution in [2.75, 3.05) is 11.1 Å². The number of benzene rings is 1. The summed E-state index contributed by atoms with van der Waals surface area (Å²) in [6.07, 6.45) is -4.58. The lowest BCUT2D eigenvalue weighted by Gasteiger charge is -2.13. The fourth-order valence-corrected chi connectivity index (χ4v) is 1.69. The predicted octanol–water partition coefficient (Wildman–Crippen LogP) is 3.26. The average Bonchev–Trinajstić information content (AvgIpc) is 2.16. The van der Waals surface area contributed by atoms with E-state index in [2.05, 4.69) is 15.9 Å². The zero-order valence-corrected chi connectivity index (χ0v) is 9.73. The first-order valence-corrected chi connectivity index (χ1v) is 5.55. The molecule has 0 radical (unpaired) electrons. The molecule has 0 atom stereocenters. The normalized spacial score (nSPS) is 11.5. The number of nitrogens with two attached hydrogens (primary N) is 1. The molecular weight excluding hydrogens is 287 g/mol. The van der Waals surface area contributed by atoms with Crippen LogP contribution in [0, 0.1) is 0 Å². The van der Waals surface area contributed by atoms with Gasteiger partial charge in [0.25, 0.3) is 0 Å². The monoisotopic (exact) mass is 295 g/mol. The maximum Gasteiger partial charge on any atom is 0.417 e. The molecule has 0 saturated heterocycles. The predicted molar refractivity (Wildman–Crippen MR) is 58.6 cm³/mol. The van der Waals surface area contributed by atoms with Gasteiger partial charge in [0.2, 0.25) is 0 Å². The maximum atomic E-state index is 12.6. The van der Waals surface area contributed by atoms with Crippen LogP contribution in [0.1, 0.15) is 22.3 Å². The lowest BCUT2D eigenvalue weighted by Crippen LogP contribution is -2.15. The van der Waals surface area contributed by atoms with E-state index in [4.69, 9.17) is 5.73 Å². The summed E-state index contributed by atoms with van der Waals surface area (Å²) in [7, 11) is 0. The Labute approximate surface area is 98.8 Å². The molecule has 6 heteroatoms. The van der Waals surface area contributed by atoms with Crippen molar-refractivity contribution < 1.29 is 18.0 Å². The highest BCUT2D eigenvalue weighted by molar-refractivity contribution is 9.09. The third-order valence-electron chi connectivity index (χ3n) is 2.00. The molecule has 0 aliphatic rings. The van der Waals surface area contributed by atoms with Gasteiger partial charge < -0.3 is 5.73 Å². The number of hydrogen-bond donors (Lipinski definition) is 1. The van der Waals surface area contributed by atoms with Gasteiger partial charge in [0.1, 0.15) is 0 Å². The van der Waals surface area contributed by atoms with Crippen LogP contribution in [0.2, 0.25) is 0 Å². The van der Waals surface area contributed by atoms with Crippen LogP contribution in [0.4, 0.5) is 18.9 Å². The van der Waals surface area contributed by atoms with Crippen molar-refractivity contribution in [1.29, 1.82) is 0 Å². The highest BCUT2D eigenvalue weighted by Crippen LogP contribution is 2.34. The van der Waals surface area contributed by atoms with E-state index in [1.54, 1.807) is 0 Å². The van der Waals surface area contributed by atoms with Crippen molar-refractivity contribution in [3.05, 3.63) is 29.3 Å². The second-order valence-corrected chi connectivity index (χ2v) is 3.92. The van der Waals surface area contributed by atoms with Crippen LogP contribution in [0.3, 0.4) is 0 Å². The van der Waals surface area contributed by atoms with Crippen LogP contribution in [-0.4, -0.2) is 11.1 Å². The molecule has 2 N–H and O–H groups in total. The fourth-order valence-electron chi connectivity index (χ4n) is 1.33. The molecule has 0 spiro atoms. The van der Waals surface area contributed by atoms with E-state index in [1.807, 2.05) is 0 Å². The highest BCUT2D eigenvalue weighted by Gasteiger charge is 2.35. The molecular formula is C10H9BrF3NO. The lowest BCUT2D eigenvalue weighted by molar-refractivity contribution is -0.137. The van der Waals surface area contributed by atoms with E-state index in [0.29, 0.717) is 5.33 Å². The quantitative estimate of drug-likeness (QED) is 0.528. The van der Waals surface area contributed by atoms with Gasteiger partial charge in [-0.3, -0.25) is 4.79 Å². The molecule has 1 aromatic rings. The summed E-state index contributed by atoms with van der Waals surface area (Å²) in [4.78, 5) is 11.5. The SMILES string of the molecule is Nc1cccc(C(F)(F)F)c1C(=O)CCBr. The first kappa shape index (κ1) is 13.0. The van der Waals surface area contributed by atoms with Gasteiger partial charge >= 0.3 is 6.18 Å². The molecule has 0 aliphatic heterocycles. The first-order valence-electron chi connectivity index (χ1n) is 4.42. The number of ketones is 1. The summed E-state index contributed by atoms with van der Waals surface area (Å²) in [5.74, 6) is -0.609. The van der Waals surface area contributed by atoms with E-state index >= 15 is 0 Å². The molecule has 1 rings (SSSR count). The Hall–Kier alpha value is -1.04. The number of carbonyl (C=O) groups is 1. The zero-order chi connectivity index (χ0) is 12.3. The first-order chi connectivity index (χ1) is 7.38. The number of nitrogen functional groups attached to an aromatic ring is 1. The molecule has 0 aliphatic carbocycles. The van der Waals surface area contributed by atoms with Crippen molar-refractivity contribution >= 4 is 27.4 Å². The number of anilines is 1. The van der Waals surface area contributed by atoms with E-state index < -0.39 is 23.1 Å². The second-order valence-electron chi connectivity index (χ2n) is 3.13. The van der Waals surface area contributed by atoms with E-state index in [0.717, 1.165) is 6.07 Å². The van der Waals surface area contributed by atoms with Gasteiger partial charge in [-0.15, -0.1) is 0 Å². The van der Waals surface area contributed by atoms with Crippen LogP contribution >= 0.6 is 15.9 Å². The molecule has 0 saturated carbocycles. The summed E-state index contributed by atoms with van der Waals surface area (Å²) in [6.45, 7) is 0. The Morgan fingerprint density at radius 2 is 2.00 bits per heavy atom. The molecule has 88 valence electrons. The largest absolute Gasteiger partial charge is 0.417 e. The Kier molecular flexibility index (Phi) is 3.96. The second kappa shape index (κ2) is 4.86. The molecule has 1 aromatic carbocycles. The molecule has 0 bridgehead atoms. The molecule has 0 amide bonds. The van der Waals surface area contributed by atoms with Crippen molar-refractivity contribution in [2.45, 2.75) is 12.6 Å². The number of rotatable bonds is 3. The van der Waals surface area contributed by atoms with Gasteiger partial charge in [-0.1, -0.05) is 22.0 Å². The minimum atomic E-state index is -4.56. The molecule has 16 heavy (non-hydrogen) atoms. The summed E-state index contributed by atoms with van der Waals surface area (Å²) in [6, 6.07) is 3.33. The molecule has 0 fully saturated rings. The number of Topliss-reactive ketones (excluding diaryl/α,β-unsaturated/α-hetero) is 1. The smallest absolute Gasteiger partial charge is 0.398 e. The Balaban J connectivity index is 3.30. The Bertz CT molecular complexity index is 404. The van der Waals surface area contributed by atoms with Crippen LogP contribution in [-0.2, 0) is 6.18 Å². The van der Waals surface area contributed by atoms with Crippen LogP contribution < -0.4 is 5.73 Å². The summed E-state index contributed by atoms with van der Waals surface area (Å²) < 4.78 is 37.8. The minimum absolute atomic E-state index is 0.0166. The summed E-state index contributed by atoms with van der Waals surface area (Å²) in [5.41, 5.74) is 3.87. The standard InChI is InChI=1S/C10H9BrF3NO/c11-5-4-8(16)9-6(10(12,13)14)2-1-3-7(9)15/h1-3H,4-5,15H2. The number of halogens is 4. The van der Waals surface area contributed by atoms with Gasteiger partial charge in [-0.25, -0.2) is 0 Å². The van der Waals surface area contributed by atoms with Crippen LogP contribution in [0.25, 0.3) is 0 Å². The zero-order valence-electron chi connectivity index (χ0n) is 8.14. The highest BCUT2D eigenvalue weighted by atomic mass is 79.9. The topological polar surface area (TPSA) is 43.1 Å². The molecule has 0 unspecified atom stereocenters. The van der Waals surface area contributed by atoms with Gasteiger partial charge in [0.05, 0.1) is 11.1 Å². The maximum absolute atomic E-state index is 12.6. The summed E-state index contributed by atoms with van der Waals surface area (Å²) in [5, 5.41) is 0.303. The Morgan fingerprint density at radius 1 is 1.38 bits per heavy atom. The van der Waals surface area contributed by atoms with E-state index in [-0.39, 0.29) is 12.1 Å². The van der Waals surface area contributed by atoms with Crippen LogP contribution in [0.15, 0.2) is 18.2 Å². The average molecular weight is 296 g/mol. The van der Waals surface area contributed by atoms with Gasteiger partial charge in [-0.2, -0.15) is 13.2 Å². The number of alkyl halides is 4. The van der Waals surface area contributed by atoms with E-state index in [9.17, 15) is 18.0 Å². The van der Waals surface area contributed by atoms with Gasteiger partial charge in [0, 0.05) is 17.4 Å². The number of hydrogen-bond acceptors (Lipinski definition) is 2. The lowest BCUT2D eigenvalue weighted by atomic mass is 9.99. The van der Waals surface area contributed by atoms with Crippen molar-refractivity contribution in [3.8, 4) is 0 Å². The van der Waals surface area contributed by atoms with E-state index in [1.165, 1.54) is 12.1 Å². The minimum Gasteiger partial charge on any atom is -0.398 e. The Morgan fingerprint density at radius 3 is 2.50 bits per heavy atom. The van der Waals surface area contributed by atoms with Gasteiger partial charge in [0.15, 0.2) is 5.78 Å². The van der Waals surface area contributed by atoms with Crippen molar-refractivity contribution in [3.63, 3.8) is 0 Å². The third kappa shape index (κ3) is 2.75. The molecule has 0 heterocycles. The van der Waals surface area contributed by atoms with Crippen LogP contribution in [0.5, 0.6) is 0 Å². The third-order valence-corrected chi connectivity index (χ3v) is 2.40. The molecule has 0 aromatic heterocycles. The van der Waals surface area contributed by atoms with Crippen molar-refractivity contribution in [1.82, 2.24) is 0 Å². The number of carbonyl (C=O) groups excluding carboxylic acids is 1. The van der Waals surface area contributed by atoms with Gasteiger partial charge in [-0.05, 0) is 12.1 Å². The van der Waals surface area contributed by atoms with Crippen molar-refractivity contribution in [2.24, 2.45) is 0 Å². The molecule has 2 nitrogen and oxygen atoms in total. The summed E-state index contributed by atoms with van der Waals surface area (Å²) >= 11 is 3.00. The fraction of sp³-hybridized carbons (Fsp3) is 0.300.